The zero-order valence-corrected chi connectivity index (χ0v) is 12.7. The molecule has 0 radical (unpaired) electrons. The number of ether oxygens (including phenoxy) is 3. The van der Waals surface area contributed by atoms with E-state index in [2.05, 4.69) is 0 Å². The highest BCUT2D eigenvalue weighted by atomic mass is 16.7. The van der Waals surface area contributed by atoms with Crippen molar-refractivity contribution in [1.82, 2.24) is 4.90 Å². The predicted molar refractivity (Wildman–Crippen MR) is 78.8 cm³/mol. The number of hydrogen-bond acceptors (Lipinski definition) is 4. The van der Waals surface area contributed by atoms with Gasteiger partial charge in [-0.05, 0) is 25.8 Å². The van der Waals surface area contributed by atoms with Gasteiger partial charge < -0.3 is 19.1 Å². The first-order chi connectivity index (χ1) is 10.2. The highest BCUT2D eigenvalue weighted by Crippen LogP contribution is 2.16. The van der Waals surface area contributed by atoms with Crippen molar-refractivity contribution in [3.8, 4) is 0 Å². The molecular formula is C16H23NO4. The fourth-order valence-corrected chi connectivity index (χ4v) is 2.36. The van der Waals surface area contributed by atoms with Crippen LogP contribution in [0.3, 0.4) is 0 Å². The van der Waals surface area contributed by atoms with Crippen LogP contribution in [0, 0.1) is 0 Å². The van der Waals surface area contributed by atoms with Crippen LogP contribution in [0.15, 0.2) is 30.3 Å². The van der Waals surface area contributed by atoms with Crippen molar-refractivity contribution in [2.75, 3.05) is 19.7 Å². The minimum atomic E-state index is -0.283. The summed E-state index contributed by atoms with van der Waals surface area (Å²) in [7, 11) is 0. The van der Waals surface area contributed by atoms with E-state index < -0.39 is 0 Å². The van der Waals surface area contributed by atoms with Crippen molar-refractivity contribution in [2.24, 2.45) is 0 Å². The monoisotopic (exact) mass is 293 g/mol. The zero-order chi connectivity index (χ0) is 15.1. The van der Waals surface area contributed by atoms with Gasteiger partial charge in [0.2, 0.25) is 0 Å². The van der Waals surface area contributed by atoms with Gasteiger partial charge in [0.15, 0.2) is 6.29 Å². The molecule has 0 aliphatic carbocycles. The first-order valence-electron chi connectivity index (χ1n) is 7.41. The summed E-state index contributed by atoms with van der Waals surface area (Å²) in [6.45, 7) is 5.96. The highest BCUT2D eigenvalue weighted by molar-refractivity contribution is 5.68. The molecule has 1 heterocycles. The van der Waals surface area contributed by atoms with Gasteiger partial charge in [-0.2, -0.15) is 0 Å². The molecule has 1 saturated heterocycles. The van der Waals surface area contributed by atoms with E-state index in [1.54, 1.807) is 4.90 Å². The second kappa shape index (κ2) is 8.00. The first kappa shape index (κ1) is 15.8. The van der Waals surface area contributed by atoms with Gasteiger partial charge in [0.1, 0.15) is 6.61 Å². The van der Waals surface area contributed by atoms with E-state index in [1.165, 1.54) is 0 Å². The molecule has 0 spiro atoms. The third-order valence-corrected chi connectivity index (χ3v) is 3.39. The quantitative estimate of drug-likeness (QED) is 0.757. The summed E-state index contributed by atoms with van der Waals surface area (Å²) < 4.78 is 16.4. The molecule has 0 aromatic heterocycles. The fourth-order valence-electron chi connectivity index (χ4n) is 2.36. The first-order valence-corrected chi connectivity index (χ1v) is 7.41. The Morgan fingerprint density at radius 1 is 1.38 bits per heavy atom. The van der Waals surface area contributed by atoms with Crippen molar-refractivity contribution in [3.63, 3.8) is 0 Å². The maximum absolute atomic E-state index is 12.0. The van der Waals surface area contributed by atoms with Crippen LogP contribution in [-0.2, 0) is 20.8 Å². The summed E-state index contributed by atoms with van der Waals surface area (Å²) in [5.74, 6) is 0. The lowest BCUT2D eigenvalue weighted by molar-refractivity contribution is -0.153. The van der Waals surface area contributed by atoms with Crippen LogP contribution in [0.25, 0.3) is 0 Å². The zero-order valence-electron chi connectivity index (χ0n) is 12.7. The SMILES string of the molecule is CCOC(C)OC1CCN(C(=O)OCc2ccccc2)C1. The number of likely N-dealkylation sites (tertiary alicyclic amines) is 1. The van der Waals surface area contributed by atoms with Crippen LogP contribution >= 0.6 is 0 Å². The smallest absolute Gasteiger partial charge is 0.410 e. The third kappa shape index (κ3) is 5.02. The lowest BCUT2D eigenvalue weighted by atomic mass is 10.2. The molecule has 0 N–H and O–H groups in total. The predicted octanol–water partition coefficient (Wildman–Crippen LogP) is 2.80. The van der Waals surface area contributed by atoms with Crippen LogP contribution in [0.5, 0.6) is 0 Å². The second-order valence-corrected chi connectivity index (χ2v) is 5.06. The normalized spacial score (nSPS) is 19.5. The molecule has 1 aromatic carbocycles. The third-order valence-electron chi connectivity index (χ3n) is 3.39. The van der Waals surface area contributed by atoms with E-state index in [9.17, 15) is 4.79 Å². The van der Waals surface area contributed by atoms with Gasteiger partial charge >= 0.3 is 6.09 Å². The van der Waals surface area contributed by atoms with Gasteiger partial charge in [-0.25, -0.2) is 4.79 Å². The molecule has 116 valence electrons. The van der Waals surface area contributed by atoms with Crippen molar-refractivity contribution in [2.45, 2.75) is 39.3 Å². The van der Waals surface area contributed by atoms with Gasteiger partial charge in [-0.3, -0.25) is 0 Å². The molecule has 2 rings (SSSR count). The molecule has 1 aliphatic heterocycles. The number of hydrogen-bond donors (Lipinski definition) is 0. The van der Waals surface area contributed by atoms with E-state index >= 15 is 0 Å². The van der Waals surface area contributed by atoms with Gasteiger partial charge in [0.05, 0.1) is 12.6 Å². The van der Waals surface area contributed by atoms with Gasteiger partial charge in [-0.15, -0.1) is 0 Å². The number of carbonyl (C=O) groups is 1. The Kier molecular flexibility index (Phi) is 6.02. The van der Waals surface area contributed by atoms with E-state index in [1.807, 2.05) is 44.2 Å². The van der Waals surface area contributed by atoms with Crippen molar-refractivity contribution in [3.05, 3.63) is 35.9 Å². The molecular weight excluding hydrogens is 270 g/mol. The van der Waals surface area contributed by atoms with E-state index in [0.29, 0.717) is 26.3 Å². The largest absolute Gasteiger partial charge is 0.445 e. The van der Waals surface area contributed by atoms with Crippen molar-refractivity contribution >= 4 is 6.09 Å². The molecule has 1 aromatic rings. The number of carbonyl (C=O) groups excluding carboxylic acids is 1. The second-order valence-electron chi connectivity index (χ2n) is 5.06. The Morgan fingerprint density at radius 3 is 2.86 bits per heavy atom. The summed E-state index contributed by atoms with van der Waals surface area (Å²) in [5, 5.41) is 0. The maximum atomic E-state index is 12.0. The molecule has 21 heavy (non-hydrogen) atoms. The summed E-state index contributed by atoms with van der Waals surface area (Å²) in [6, 6.07) is 9.67. The van der Waals surface area contributed by atoms with Crippen LogP contribution in [0.2, 0.25) is 0 Å². The molecule has 0 bridgehead atoms. The Balaban J connectivity index is 1.72. The van der Waals surface area contributed by atoms with Crippen LogP contribution in [0.1, 0.15) is 25.8 Å². The molecule has 2 atom stereocenters. The Labute approximate surface area is 125 Å². The standard InChI is InChI=1S/C16H23NO4/c1-3-19-13(2)21-15-9-10-17(11-15)16(18)20-12-14-7-5-4-6-8-14/h4-8,13,15H,3,9-12H2,1-2H3. The van der Waals surface area contributed by atoms with Crippen molar-refractivity contribution in [1.29, 1.82) is 0 Å². The summed E-state index contributed by atoms with van der Waals surface area (Å²) in [4.78, 5) is 13.7. The molecule has 0 saturated carbocycles. The van der Waals surface area contributed by atoms with Crippen LogP contribution in [0.4, 0.5) is 4.79 Å². The van der Waals surface area contributed by atoms with E-state index in [0.717, 1.165) is 12.0 Å². The minimum Gasteiger partial charge on any atom is -0.445 e. The topological polar surface area (TPSA) is 48.0 Å². The maximum Gasteiger partial charge on any atom is 0.410 e. The van der Waals surface area contributed by atoms with Gasteiger partial charge in [0, 0.05) is 13.2 Å². The highest BCUT2D eigenvalue weighted by Gasteiger charge is 2.29. The Bertz CT molecular complexity index is 437. The van der Waals surface area contributed by atoms with E-state index in [4.69, 9.17) is 14.2 Å². The number of benzene rings is 1. The molecule has 5 nitrogen and oxygen atoms in total. The summed E-state index contributed by atoms with van der Waals surface area (Å²) >= 11 is 0. The average Bonchev–Trinajstić information content (AvgIpc) is 2.94. The summed E-state index contributed by atoms with van der Waals surface area (Å²) in [5.41, 5.74) is 0.989. The minimum absolute atomic E-state index is 0.0239. The number of amides is 1. The molecule has 5 heteroatoms. The molecule has 1 fully saturated rings. The van der Waals surface area contributed by atoms with Gasteiger partial charge in [0.25, 0.3) is 0 Å². The van der Waals surface area contributed by atoms with Crippen LogP contribution in [-0.4, -0.2) is 43.1 Å². The Morgan fingerprint density at radius 2 is 2.14 bits per heavy atom. The summed E-state index contributed by atoms with van der Waals surface area (Å²) in [6.07, 6.45) is 0.322. The number of nitrogens with zero attached hydrogens (tertiary/aromatic N) is 1. The average molecular weight is 293 g/mol. The van der Waals surface area contributed by atoms with Crippen molar-refractivity contribution < 1.29 is 19.0 Å². The fraction of sp³-hybridized carbons (Fsp3) is 0.562. The number of rotatable bonds is 6. The Hall–Kier alpha value is -1.59. The van der Waals surface area contributed by atoms with E-state index in [-0.39, 0.29) is 18.5 Å². The molecule has 1 amide bonds. The van der Waals surface area contributed by atoms with Crippen LogP contribution < -0.4 is 0 Å². The molecule has 2 unspecified atom stereocenters. The lowest BCUT2D eigenvalue weighted by Gasteiger charge is -2.19. The molecule has 1 aliphatic rings. The lowest BCUT2D eigenvalue weighted by Crippen LogP contribution is -2.31. The van der Waals surface area contributed by atoms with Gasteiger partial charge in [-0.1, -0.05) is 30.3 Å².